The Bertz CT molecular complexity index is 1600. The van der Waals surface area contributed by atoms with Gasteiger partial charge in [-0.15, -0.1) is 0 Å². The van der Waals surface area contributed by atoms with Crippen molar-refractivity contribution in [2.75, 3.05) is 37.6 Å². The summed E-state index contributed by atoms with van der Waals surface area (Å²) in [7, 11) is 0. The zero-order valence-corrected chi connectivity index (χ0v) is 22.9. The number of aromatic nitrogens is 1. The van der Waals surface area contributed by atoms with Crippen LogP contribution in [0.1, 0.15) is 48.2 Å². The first-order valence-electron chi connectivity index (χ1n) is 13.6. The van der Waals surface area contributed by atoms with Crippen molar-refractivity contribution in [1.29, 1.82) is 0 Å². The largest absolute Gasteiger partial charge is 0.422 e. The first kappa shape index (κ1) is 27.2. The molecule has 5 rings (SSSR count). The second-order valence-corrected chi connectivity index (χ2v) is 10.3. The maximum atomic E-state index is 13.4. The van der Waals surface area contributed by atoms with Crippen LogP contribution in [0.5, 0.6) is 0 Å². The lowest BCUT2D eigenvalue weighted by Crippen LogP contribution is -2.56. The van der Waals surface area contributed by atoms with E-state index in [-0.39, 0.29) is 50.4 Å². The Morgan fingerprint density at radius 2 is 1.80 bits per heavy atom. The number of benzene rings is 1. The molecule has 0 bridgehead atoms. The second-order valence-electron chi connectivity index (χ2n) is 10.3. The number of rotatable bonds is 7. The fourth-order valence-corrected chi connectivity index (χ4v) is 5.75. The number of nitrogens with zero attached hydrogens (tertiary/aromatic N) is 3. The van der Waals surface area contributed by atoms with E-state index in [1.54, 1.807) is 6.07 Å². The maximum absolute atomic E-state index is 13.4. The molecule has 11 nitrogen and oxygen atoms in total. The molecular formula is C29H33N5O6. The van der Waals surface area contributed by atoms with Gasteiger partial charge in [-0.2, -0.15) is 0 Å². The normalized spacial score (nSPS) is 16.6. The number of carbonyl (C=O) groups is 3. The molecule has 4 heterocycles. The van der Waals surface area contributed by atoms with Crippen LogP contribution in [0.25, 0.3) is 11.0 Å². The molecule has 2 N–H and O–H groups in total. The van der Waals surface area contributed by atoms with Gasteiger partial charge >= 0.3 is 11.7 Å². The SMILES string of the molecule is CCN(CC)c1ccc2c(C)c(CCN3C(=O)NC4(CCN(C(=O)c5ccc[nH]c5=O)CC4)C3=O)c(=O)oc2c1. The third-order valence-corrected chi connectivity index (χ3v) is 8.18. The quantitative estimate of drug-likeness (QED) is 0.342. The molecule has 2 aromatic heterocycles. The van der Waals surface area contributed by atoms with Gasteiger partial charge in [-0.3, -0.25) is 19.3 Å². The van der Waals surface area contributed by atoms with E-state index < -0.39 is 28.7 Å². The summed E-state index contributed by atoms with van der Waals surface area (Å²) in [5.74, 6) is -0.776. The molecule has 2 aliphatic heterocycles. The number of pyridine rings is 1. The zero-order chi connectivity index (χ0) is 28.6. The van der Waals surface area contributed by atoms with Crippen LogP contribution in [-0.2, 0) is 11.2 Å². The number of likely N-dealkylation sites (tertiary alicyclic amines) is 1. The number of piperidine rings is 1. The second kappa shape index (κ2) is 10.6. The van der Waals surface area contributed by atoms with Gasteiger partial charge in [0.1, 0.15) is 16.7 Å². The third-order valence-electron chi connectivity index (χ3n) is 8.18. The van der Waals surface area contributed by atoms with Crippen LogP contribution in [0.4, 0.5) is 10.5 Å². The minimum absolute atomic E-state index is 0.0308. The van der Waals surface area contributed by atoms with E-state index in [0.29, 0.717) is 11.1 Å². The highest BCUT2D eigenvalue weighted by molar-refractivity contribution is 6.07. The van der Waals surface area contributed by atoms with E-state index in [1.165, 1.54) is 17.2 Å². The maximum Gasteiger partial charge on any atom is 0.339 e. The molecule has 0 saturated carbocycles. The van der Waals surface area contributed by atoms with Gasteiger partial charge in [-0.05, 0) is 69.9 Å². The standard InChI is InChI=1S/C29H33N5O6/c1-4-32(5-2)19-8-9-20-18(3)21(26(37)40-23(20)17-19)10-14-34-27(38)29(31-28(34)39)11-15-33(16-12-29)25(36)22-7-6-13-30-24(22)35/h6-9,13,17H,4-5,10-12,14-16H2,1-3H3,(H,30,35)(H,31,39). The number of hydrogen-bond donors (Lipinski definition) is 2. The molecule has 40 heavy (non-hydrogen) atoms. The van der Waals surface area contributed by atoms with Gasteiger partial charge in [0.25, 0.3) is 17.4 Å². The van der Waals surface area contributed by atoms with Gasteiger partial charge in [-0.1, -0.05) is 0 Å². The minimum atomic E-state index is -1.11. The summed E-state index contributed by atoms with van der Waals surface area (Å²) in [5.41, 5.74) is 0.647. The lowest BCUT2D eigenvalue weighted by atomic mass is 9.87. The Balaban J connectivity index is 1.28. The molecule has 210 valence electrons. The number of imide groups is 1. The van der Waals surface area contributed by atoms with Crippen LogP contribution in [0.3, 0.4) is 0 Å². The monoisotopic (exact) mass is 547 g/mol. The van der Waals surface area contributed by atoms with E-state index in [9.17, 15) is 24.0 Å². The van der Waals surface area contributed by atoms with Crippen LogP contribution in [0, 0.1) is 6.92 Å². The van der Waals surface area contributed by atoms with Crippen molar-refractivity contribution in [1.82, 2.24) is 20.1 Å². The summed E-state index contributed by atoms with van der Waals surface area (Å²) in [5, 5.41) is 3.64. The van der Waals surface area contributed by atoms with Gasteiger partial charge in [0.05, 0.1) is 0 Å². The Labute approximate surface area is 230 Å². The molecule has 11 heteroatoms. The first-order valence-corrected chi connectivity index (χ1v) is 13.6. The average Bonchev–Trinajstić information content (AvgIpc) is 3.17. The van der Waals surface area contributed by atoms with Crippen molar-refractivity contribution in [3.63, 3.8) is 0 Å². The van der Waals surface area contributed by atoms with E-state index in [0.717, 1.165) is 34.6 Å². The minimum Gasteiger partial charge on any atom is -0.422 e. The number of hydrogen-bond acceptors (Lipinski definition) is 7. The molecule has 1 aromatic carbocycles. The topological polar surface area (TPSA) is 136 Å². The number of carbonyl (C=O) groups excluding carboxylic acids is 3. The summed E-state index contributed by atoms with van der Waals surface area (Å²) in [6.07, 6.45) is 2.09. The van der Waals surface area contributed by atoms with Crippen molar-refractivity contribution in [3.8, 4) is 0 Å². The summed E-state index contributed by atoms with van der Waals surface area (Å²) in [6, 6.07) is 8.33. The molecule has 2 saturated heterocycles. The van der Waals surface area contributed by atoms with Crippen LogP contribution in [0.15, 0.2) is 50.5 Å². The van der Waals surface area contributed by atoms with Gasteiger partial charge < -0.3 is 24.5 Å². The third kappa shape index (κ3) is 4.65. The number of amides is 4. The van der Waals surface area contributed by atoms with Gasteiger partial charge in [0.2, 0.25) is 0 Å². The molecule has 2 aliphatic rings. The number of aromatic amines is 1. The predicted octanol–water partition coefficient (Wildman–Crippen LogP) is 2.41. The Morgan fingerprint density at radius 1 is 1.07 bits per heavy atom. The van der Waals surface area contributed by atoms with Gasteiger partial charge in [0.15, 0.2) is 0 Å². The molecular weight excluding hydrogens is 514 g/mol. The highest BCUT2D eigenvalue weighted by Crippen LogP contribution is 2.31. The average molecular weight is 548 g/mol. The van der Waals surface area contributed by atoms with Gasteiger partial charge in [-0.25, -0.2) is 9.59 Å². The van der Waals surface area contributed by atoms with Crippen LogP contribution < -0.4 is 21.4 Å². The molecule has 0 aliphatic carbocycles. The summed E-state index contributed by atoms with van der Waals surface area (Å²) in [4.78, 5) is 71.4. The van der Waals surface area contributed by atoms with Crippen molar-refractivity contribution in [2.45, 2.75) is 45.6 Å². The number of nitrogens with one attached hydrogen (secondary N) is 2. The number of anilines is 1. The van der Waals surface area contributed by atoms with E-state index in [4.69, 9.17) is 4.42 Å². The van der Waals surface area contributed by atoms with E-state index in [1.807, 2.05) is 25.1 Å². The van der Waals surface area contributed by atoms with Crippen LogP contribution >= 0.6 is 0 Å². The van der Waals surface area contributed by atoms with Gasteiger partial charge in [0, 0.05) is 61.6 Å². The molecule has 0 radical (unpaired) electrons. The van der Waals surface area contributed by atoms with Crippen molar-refractivity contribution >= 4 is 34.5 Å². The zero-order valence-electron chi connectivity index (χ0n) is 22.9. The molecule has 4 amide bonds. The molecule has 2 fully saturated rings. The number of aryl methyl sites for hydroxylation is 1. The fourth-order valence-electron chi connectivity index (χ4n) is 5.75. The van der Waals surface area contributed by atoms with E-state index >= 15 is 0 Å². The Hall–Kier alpha value is -4.41. The Morgan fingerprint density at radius 3 is 2.48 bits per heavy atom. The Kier molecular flexibility index (Phi) is 7.22. The fraction of sp³-hybridized carbons (Fsp3) is 0.414. The molecule has 1 spiro atoms. The highest BCUT2D eigenvalue weighted by Gasteiger charge is 2.52. The summed E-state index contributed by atoms with van der Waals surface area (Å²) < 4.78 is 5.66. The molecule has 0 atom stereocenters. The number of H-pyrrole nitrogens is 1. The number of fused-ring (bicyclic) bond motifs is 1. The predicted molar refractivity (Wildman–Crippen MR) is 150 cm³/mol. The lowest BCUT2D eigenvalue weighted by Gasteiger charge is -2.37. The van der Waals surface area contributed by atoms with Crippen molar-refractivity contribution < 1.29 is 18.8 Å². The first-order chi connectivity index (χ1) is 19.2. The van der Waals surface area contributed by atoms with Crippen molar-refractivity contribution in [3.05, 3.63) is 74.0 Å². The lowest BCUT2D eigenvalue weighted by molar-refractivity contribution is -0.132. The molecule has 0 unspecified atom stereocenters. The van der Waals surface area contributed by atoms with Crippen LogP contribution in [-0.4, -0.2) is 70.9 Å². The number of urea groups is 1. The van der Waals surface area contributed by atoms with Crippen molar-refractivity contribution in [2.24, 2.45) is 0 Å². The summed E-state index contributed by atoms with van der Waals surface area (Å²) in [6.45, 7) is 8.11. The highest BCUT2D eigenvalue weighted by atomic mass is 16.4. The smallest absolute Gasteiger partial charge is 0.339 e. The summed E-state index contributed by atoms with van der Waals surface area (Å²) >= 11 is 0. The van der Waals surface area contributed by atoms with E-state index in [2.05, 4.69) is 29.0 Å². The van der Waals surface area contributed by atoms with Crippen LogP contribution in [0.2, 0.25) is 0 Å². The molecule has 3 aromatic rings.